The highest BCUT2D eigenvalue weighted by molar-refractivity contribution is 7.13. The monoisotopic (exact) mass is 360 g/mol. The second-order valence-corrected chi connectivity index (χ2v) is 6.67. The maximum absolute atomic E-state index is 13.3. The van der Waals surface area contributed by atoms with Gasteiger partial charge in [-0.2, -0.15) is 5.10 Å². The fourth-order valence-electron chi connectivity index (χ4n) is 2.82. The van der Waals surface area contributed by atoms with Crippen LogP contribution in [0.15, 0.2) is 41.8 Å². The molecular formula is C17H14F2N4OS. The third-order valence-electron chi connectivity index (χ3n) is 3.96. The molecule has 128 valence electrons. The first-order valence-corrected chi connectivity index (χ1v) is 8.58. The van der Waals surface area contributed by atoms with Crippen LogP contribution >= 0.6 is 11.3 Å². The van der Waals surface area contributed by atoms with Crippen LogP contribution in [0.4, 0.5) is 8.78 Å². The fraction of sp³-hybridized carbons (Fsp3) is 0.176. The van der Waals surface area contributed by atoms with Crippen molar-refractivity contribution in [3.8, 4) is 10.6 Å². The summed E-state index contributed by atoms with van der Waals surface area (Å²) in [7, 11) is 0. The normalized spacial score (nSPS) is 16.6. The van der Waals surface area contributed by atoms with Crippen LogP contribution in [-0.4, -0.2) is 22.2 Å². The van der Waals surface area contributed by atoms with Gasteiger partial charge in [-0.1, -0.05) is 6.07 Å². The molecule has 1 aliphatic heterocycles. The van der Waals surface area contributed by atoms with E-state index in [1.807, 2.05) is 17.5 Å². The first kappa shape index (κ1) is 15.9. The van der Waals surface area contributed by atoms with E-state index >= 15 is 0 Å². The SMILES string of the molecule is O=C1NCC(NCc2cc(F)cc(F)c2)n2nc(-c3cccs3)cc21. The summed E-state index contributed by atoms with van der Waals surface area (Å²) in [6.07, 6.45) is -0.298. The van der Waals surface area contributed by atoms with Crippen LogP contribution in [0.2, 0.25) is 0 Å². The van der Waals surface area contributed by atoms with Gasteiger partial charge in [0.25, 0.3) is 5.91 Å². The molecule has 2 N–H and O–H groups in total. The second kappa shape index (κ2) is 6.38. The van der Waals surface area contributed by atoms with Crippen molar-refractivity contribution >= 4 is 17.2 Å². The number of hydrogen-bond donors (Lipinski definition) is 2. The number of rotatable bonds is 4. The Hall–Kier alpha value is -2.58. The van der Waals surface area contributed by atoms with E-state index in [0.29, 0.717) is 17.8 Å². The van der Waals surface area contributed by atoms with Crippen molar-refractivity contribution in [2.75, 3.05) is 6.54 Å². The smallest absolute Gasteiger partial charge is 0.269 e. The van der Waals surface area contributed by atoms with E-state index in [1.54, 1.807) is 22.1 Å². The van der Waals surface area contributed by atoms with Crippen LogP contribution in [0.1, 0.15) is 22.2 Å². The molecule has 0 radical (unpaired) electrons. The topological polar surface area (TPSA) is 59.0 Å². The first-order valence-electron chi connectivity index (χ1n) is 7.70. The largest absolute Gasteiger partial charge is 0.347 e. The van der Waals surface area contributed by atoms with Gasteiger partial charge in [-0.25, -0.2) is 13.5 Å². The molecule has 3 heterocycles. The molecule has 3 aromatic rings. The Morgan fingerprint density at radius 2 is 2.08 bits per heavy atom. The van der Waals surface area contributed by atoms with E-state index in [2.05, 4.69) is 15.7 Å². The van der Waals surface area contributed by atoms with Gasteiger partial charge in [0.1, 0.15) is 29.2 Å². The quantitative estimate of drug-likeness (QED) is 0.752. The van der Waals surface area contributed by atoms with Crippen LogP contribution in [0.25, 0.3) is 10.6 Å². The molecule has 0 spiro atoms. The Labute approximate surface area is 146 Å². The molecule has 1 unspecified atom stereocenters. The zero-order valence-electron chi connectivity index (χ0n) is 13.0. The minimum absolute atomic E-state index is 0.190. The van der Waals surface area contributed by atoms with Crippen molar-refractivity contribution < 1.29 is 13.6 Å². The summed E-state index contributed by atoms with van der Waals surface area (Å²) in [6.45, 7) is 0.595. The van der Waals surface area contributed by atoms with Crippen LogP contribution in [0.5, 0.6) is 0 Å². The number of hydrogen-bond acceptors (Lipinski definition) is 4. The molecule has 0 aliphatic carbocycles. The van der Waals surface area contributed by atoms with E-state index in [0.717, 1.165) is 16.6 Å². The number of thiophene rings is 1. The number of carbonyl (C=O) groups excluding carboxylic acids is 1. The molecule has 0 saturated heterocycles. The molecule has 2 aromatic heterocycles. The number of carbonyl (C=O) groups is 1. The zero-order chi connectivity index (χ0) is 17.4. The third kappa shape index (κ3) is 3.18. The maximum Gasteiger partial charge on any atom is 0.269 e. The van der Waals surface area contributed by atoms with Gasteiger partial charge in [0, 0.05) is 12.6 Å². The maximum atomic E-state index is 13.3. The lowest BCUT2D eigenvalue weighted by atomic mass is 10.2. The van der Waals surface area contributed by atoms with Crippen molar-refractivity contribution in [3.05, 3.63) is 64.7 Å². The molecule has 5 nitrogen and oxygen atoms in total. The lowest BCUT2D eigenvalue weighted by Gasteiger charge is -2.25. The Kier molecular flexibility index (Phi) is 4.06. The van der Waals surface area contributed by atoms with Gasteiger partial charge < -0.3 is 5.32 Å². The van der Waals surface area contributed by atoms with Crippen molar-refractivity contribution in [2.24, 2.45) is 0 Å². The summed E-state index contributed by atoms with van der Waals surface area (Å²) in [6, 6.07) is 9.00. The van der Waals surface area contributed by atoms with Crippen molar-refractivity contribution in [3.63, 3.8) is 0 Å². The number of amides is 1. The number of benzene rings is 1. The van der Waals surface area contributed by atoms with E-state index in [1.165, 1.54) is 12.1 Å². The molecule has 25 heavy (non-hydrogen) atoms. The zero-order valence-corrected chi connectivity index (χ0v) is 13.8. The van der Waals surface area contributed by atoms with Gasteiger partial charge in [-0.15, -0.1) is 11.3 Å². The first-order chi connectivity index (χ1) is 12.1. The van der Waals surface area contributed by atoms with Crippen LogP contribution in [0, 0.1) is 11.6 Å². The lowest BCUT2D eigenvalue weighted by molar-refractivity contribution is 0.0900. The molecule has 0 fully saturated rings. The van der Waals surface area contributed by atoms with Gasteiger partial charge in [0.2, 0.25) is 0 Å². The van der Waals surface area contributed by atoms with Gasteiger partial charge in [-0.05, 0) is 35.2 Å². The Morgan fingerprint density at radius 3 is 2.80 bits per heavy atom. The Bertz CT molecular complexity index is 903. The van der Waals surface area contributed by atoms with Crippen molar-refractivity contribution in [1.29, 1.82) is 0 Å². The molecule has 4 rings (SSSR count). The lowest BCUT2D eigenvalue weighted by Crippen LogP contribution is -2.45. The summed E-state index contributed by atoms with van der Waals surface area (Å²) in [5, 5.41) is 12.5. The predicted octanol–water partition coefficient (Wildman–Crippen LogP) is 2.92. The summed E-state index contributed by atoms with van der Waals surface area (Å²) in [5.41, 5.74) is 1.67. The molecule has 1 aromatic carbocycles. The summed E-state index contributed by atoms with van der Waals surface area (Å²) in [5.74, 6) is -1.42. The number of fused-ring (bicyclic) bond motifs is 1. The Balaban J connectivity index is 1.58. The second-order valence-electron chi connectivity index (χ2n) is 5.72. The number of nitrogens with zero attached hydrogens (tertiary/aromatic N) is 2. The fourth-order valence-corrected chi connectivity index (χ4v) is 3.50. The van der Waals surface area contributed by atoms with Crippen LogP contribution in [0.3, 0.4) is 0 Å². The van der Waals surface area contributed by atoms with E-state index in [-0.39, 0.29) is 18.6 Å². The number of aromatic nitrogens is 2. The van der Waals surface area contributed by atoms with E-state index < -0.39 is 11.6 Å². The average molecular weight is 360 g/mol. The summed E-state index contributed by atoms with van der Waals surface area (Å²) >= 11 is 1.54. The molecule has 0 saturated carbocycles. The Morgan fingerprint density at radius 1 is 1.28 bits per heavy atom. The summed E-state index contributed by atoms with van der Waals surface area (Å²) in [4.78, 5) is 13.1. The molecule has 1 aliphatic rings. The predicted molar refractivity (Wildman–Crippen MR) is 90.1 cm³/mol. The molecule has 1 atom stereocenters. The van der Waals surface area contributed by atoms with Crippen LogP contribution in [-0.2, 0) is 6.54 Å². The van der Waals surface area contributed by atoms with Crippen molar-refractivity contribution in [2.45, 2.75) is 12.7 Å². The summed E-state index contributed by atoms with van der Waals surface area (Å²) < 4.78 is 28.2. The standard InChI is InChI=1S/C17H14F2N4OS/c18-11-4-10(5-12(19)6-11)8-20-16-9-21-17(24)14-7-13(22-23(14)16)15-2-1-3-25-15/h1-7,16,20H,8-9H2,(H,21,24). The highest BCUT2D eigenvalue weighted by Crippen LogP contribution is 2.26. The van der Waals surface area contributed by atoms with Gasteiger partial charge in [0.15, 0.2) is 0 Å². The molecule has 0 bridgehead atoms. The van der Waals surface area contributed by atoms with E-state index in [9.17, 15) is 13.6 Å². The van der Waals surface area contributed by atoms with Crippen LogP contribution < -0.4 is 10.6 Å². The average Bonchev–Trinajstić information content (AvgIpc) is 3.23. The van der Waals surface area contributed by atoms with Crippen molar-refractivity contribution in [1.82, 2.24) is 20.4 Å². The minimum atomic E-state index is -0.617. The number of halogens is 2. The highest BCUT2D eigenvalue weighted by atomic mass is 32.1. The van der Waals surface area contributed by atoms with Gasteiger partial charge >= 0.3 is 0 Å². The van der Waals surface area contributed by atoms with Gasteiger partial charge in [0.05, 0.1) is 11.4 Å². The molecule has 1 amide bonds. The molecular weight excluding hydrogens is 346 g/mol. The highest BCUT2D eigenvalue weighted by Gasteiger charge is 2.27. The molecule has 8 heteroatoms. The van der Waals surface area contributed by atoms with Gasteiger partial charge in [-0.3, -0.25) is 10.1 Å². The minimum Gasteiger partial charge on any atom is -0.347 e. The van der Waals surface area contributed by atoms with E-state index in [4.69, 9.17) is 0 Å². The third-order valence-corrected chi connectivity index (χ3v) is 4.85. The number of nitrogens with one attached hydrogen (secondary N) is 2.